The molecule has 0 aliphatic heterocycles. The molecule has 2 N–H and O–H groups in total. The Morgan fingerprint density at radius 3 is 2.39 bits per heavy atom. The second-order valence-electron chi connectivity index (χ2n) is 5.47. The first-order chi connectivity index (χ1) is 11.3. The van der Waals surface area contributed by atoms with Gasteiger partial charge in [0.25, 0.3) is 0 Å². The number of anilines is 1. The normalized spacial score (nSPS) is 10.4. The van der Waals surface area contributed by atoms with E-state index in [1.54, 1.807) is 0 Å². The molecule has 3 nitrogen and oxygen atoms in total. The fourth-order valence-electron chi connectivity index (χ4n) is 2.62. The fourth-order valence-corrected chi connectivity index (χ4v) is 2.62. The molecule has 0 saturated carbocycles. The van der Waals surface area contributed by atoms with Crippen LogP contribution < -0.4 is 10.6 Å². The Balaban J connectivity index is 1.49. The second-order valence-corrected chi connectivity index (χ2v) is 5.47. The summed E-state index contributed by atoms with van der Waals surface area (Å²) in [6, 6.07) is 24.3. The van der Waals surface area contributed by atoms with Crippen LogP contribution in [0.25, 0.3) is 10.8 Å². The summed E-state index contributed by atoms with van der Waals surface area (Å²) in [6.45, 7) is 1.31. The summed E-state index contributed by atoms with van der Waals surface area (Å²) in [5, 5.41) is 8.75. The topological polar surface area (TPSA) is 41.1 Å². The minimum Gasteiger partial charge on any atom is -0.383 e. The van der Waals surface area contributed by atoms with Crippen LogP contribution in [0.15, 0.2) is 72.8 Å². The van der Waals surface area contributed by atoms with Crippen molar-refractivity contribution in [3.05, 3.63) is 78.4 Å². The third-order valence-electron chi connectivity index (χ3n) is 3.76. The smallest absolute Gasteiger partial charge is 0.224 e. The molecule has 0 unspecified atom stereocenters. The highest BCUT2D eigenvalue weighted by molar-refractivity contribution is 5.93. The highest BCUT2D eigenvalue weighted by Crippen LogP contribution is 2.22. The fraction of sp³-hybridized carbons (Fsp3) is 0.150. The van der Waals surface area contributed by atoms with Gasteiger partial charge in [0, 0.05) is 24.2 Å². The average Bonchev–Trinajstić information content (AvgIpc) is 2.60. The van der Waals surface area contributed by atoms with E-state index in [4.69, 9.17) is 0 Å². The van der Waals surface area contributed by atoms with Gasteiger partial charge in [0.1, 0.15) is 0 Å². The van der Waals surface area contributed by atoms with E-state index in [1.807, 2.05) is 48.5 Å². The lowest BCUT2D eigenvalue weighted by molar-refractivity contribution is -0.120. The molecule has 0 saturated heterocycles. The molecule has 0 radical (unpaired) electrons. The largest absolute Gasteiger partial charge is 0.383 e. The summed E-state index contributed by atoms with van der Waals surface area (Å²) >= 11 is 0. The van der Waals surface area contributed by atoms with Crippen molar-refractivity contribution >= 4 is 22.4 Å². The molecule has 3 heteroatoms. The number of nitrogens with one attached hydrogen (secondary N) is 2. The Hall–Kier alpha value is -2.81. The Bertz CT molecular complexity index is 779. The predicted octanol–water partition coefficient (Wildman–Crippen LogP) is 3.61. The van der Waals surface area contributed by atoms with Crippen molar-refractivity contribution in [2.75, 3.05) is 18.4 Å². The lowest BCUT2D eigenvalue weighted by Crippen LogP contribution is -2.30. The number of benzene rings is 3. The van der Waals surface area contributed by atoms with Crippen molar-refractivity contribution in [1.82, 2.24) is 5.32 Å². The van der Waals surface area contributed by atoms with E-state index in [0.717, 1.165) is 11.3 Å². The molecule has 3 aromatic carbocycles. The van der Waals surface area contributed by atoms with Crippen molar-refractivity contribution in [3.8, 4) is 0 Å². The summed E-state index contributed by atoms with van der Waals surface area (Å²) in [4.78, 5) is 11.9. The van der Waals surface area contributed by atoms with E-state index in [0.29, 0.717) is 19.5 Å². The van der Waals surface area contributed by atoms with Crippen LogP contribution in [0, 0.1) is 0 Å². The summed E-state index contributed by atoms with van der Waals surface area (Å²) in [5.41, 5.74) is 2.13. The highest BCUT2D eigenvalue weighted by Gasteiger charge is 2.03. The maximum atomic E-state index is 11.9. The molecule has 1 amide bonds. The van der Waals surface area contributed by atoms with Gasteiger partial charge in [-0.2, -0.15) is 0 Å². The molecule has 3 rings (SSSR count). The van der Waals surface area contributed by atoms with Gasteiger partial charge in [-0.1, -0.05) is 66.7 Å². The van der Waals surface area contributed by atoms with E-state index in [9.17, 15) is 4.79 Å². The van der Waals surface area contributed by atoms with E-state index in [1.165, 1.54) is 10.8 Å². The van der Waals surface area contributed by atoms with Crippen LogP contribution in [0.2, 0.25) is 0 Å². The minimum atomic E-state index is 0.0518. The zero-order valence-corrected chi connectivity index (χ0v) is 13.0. The van der Waals surface area contributed by atoms with Gasteiger partial charge < -0.3 is 10.6 Å². The van der Waals surface area contributed by atoms with Crippen LogP contribution in [0.4, 0.5) is 5.69 Å². The van der Waals surface area contributed by atoms with Crippen LogP contribution in [0.5, 0.6) is 0 Å². The molecule has 0 atom stereocenters. The molecule has 0 spiro atoms. The van der Waals surface area contributed by atoms with Crippen molar-refractivity contribution in [3.63, 3.8) is 0 Å². The highest BCUT2D eigenvalue weighted by atomic mass is 16.1. The summed E-state index contributed by atoms with van der Waals surface area (Å²) in [6.07, 6.45) is 0.426. The number of amides is 1. The molecule has 3 aromatic rings. The van der Waals surface area contributed by atoms with E-state index < -0.39 is 0 Å². The van der Waals surface area contributed by atoms with Gasteiger partial charge in [0.15, 0.2) is 0 Å². The van der Waals surface area contributed by atoms with Gasteiger partial charge in [0.2, 0.25) is 5.91 Å². The maximum Gasteiger partial charge on any atom is 0.224 e. The number of hydrogen-bond donors (Lipinski definition) is 2. The lowest BCUT2D eigenvalue weighted by atomic mass is 10.1. The number of hydrogen-bond acceptors (Lipinski definition) is 2. The average molecular weight is 304 g/mol. The summed E-state index contributed by atoms with van der Waals surface area (Å²) in [5.74, 6) is 0.0518. The molecule has 0 fully saturated rings. The van der Waals surface area contributed by atoms with E-state index in [2.05, 4.69) is 34.9 Å². The first kappa shape index (κ1) is 15.1. The third kappa shape index (κ3) is 4.10. The standard InChI is InChI=1S/C20H20N2O/c23-20(15-16-7-2-1-3-8-16)22-14-13-21-19-12-6-10-17-9-4-5-11-18(17)19/h1-12,21H,13-15H2,(H,22,23). The van der Waals surface area contributed by atoms with Crippen LogP contribution >= 0.6 is 0 Å². The number of carbonyl (C=O) groups excluding carboxylic acids is 1. The van der Waals surface area contributed by atoms with Gasteiger partial charge in [-0.3, -0.25) is 4.79 Å². The Morgan fingerprint density at radius 1 is 0.783 bits per heavy atom. The van der Waals surface area contributed by atoms with Crippen LogP contribution in [-0.4, -0.2) is 19.0 Å². The van der Waals surface area contributed by atoms with Gasteiger partial charge in [0.05, 0.1) is 6.42 Å². The second kappa shape index (κ2) is 7.45. The monoisotopic (exact) mass is 304 g/mol. The number of carbonyl (C=O) groups is 1. The zero-order valence-electron chi connectivity index (χ0n) is 13.0. The molecular formula is C20H20N2O. The van der Waals surface area contributed by atoms with E-state index >= 15 is 0 Å². The molecule has 0 aromatic heterocycles. The quantitative estimate of drug-likeness (QED) is 0.683. The molecule has 0 aliphatic rings. The summed E-state index contributed by atoms with van der Waals surface area (Å²) < 4.78 is 0. The zero-order chi connectivity index (χ0) is 15.9. The van der Waals surface area contributed by atoms with Crippen LogP contribution in [-0.2, 0) is 11.2 Å². The molecule has 116 valence electrons. The first-order valence-electron chi connectivity index (χ1n) is 7.85. The first-order valence-corrected chi connectivity index (χ1v) is 7.85. The predicted molar refractivity (Wildman–Crippen MR) is 95.6 cm³/mol. The van der Waals surface area contributed by atoms with Crippen molar-refractivity contribution < 1.29 is 4.79 Å². The minimum absolute atomic E-state index is 0.0518. The Morgan fingerprint density at radius 2 is 1.52 bits per heavy atom. The van der Waals surface area contributed by atoms with Gasteiger partial charge in [-0.25, -0.2) is 0 Å². The van der Waals surface area contributed by atoms with Crippen molar-refractivity contribution in [2.24, 2.45) is 0 Å². The van der Waals surface area contributed by atoms with Crippen molar-refractivity contribution in [2.45, 2.75) is 6.42 Å². The number of rotatable bonds is 6. The van der Waals surface area contributed by atoms with Gasteiger partial charge in [-0.15, -0.1) is 0 Å². The summed E-state index contributed by atoms with van der Waals surface area (Å²) in [7, 11) is 0. The molecule has 23 heavy (non-hydrogen) atoms. The Labute approximate surface area is 136 Å². The molecule has 0 heterocycles. The van der Waals surface area contributed by atoms with E-state index in [-0.39, 0.29) is 5.91 Å². The molecule has 0 aliphatic carbocycles. The maximum absolute atomic E-state index is 11.9. The van der Waals surface area contributed by atoms with Gasteiger partial charge in [-0.05, 0) is 17.0 Å². The van der Waals surface area contributed by atoms with Crippen LogP contribution in [0.1, 0.15) is 5.56 Å². The Kier molecular flexibility index (Phi) is 4.89. The van der Waals surface area contributed by atoms with Crippen LogP contribution in [0.3, 0.4) is 0 Å². The SMILES string of the molecule is O=C(Cc1ccccc1)NCCNc1cccc2ccccc12. The van der Waals surface area contributed by atoms with Gasteiger partial charge >= 0.3 is 0 Å². The third-order valence-corrected chi connectivity index (χ3v) is 3.76. The number of fused-ring (bicyclic) bond motifs is 1. The van der Waals surface area contributed by atoms with Crippen molar-refractivity contribution in [1.29, 1.82) is 0 Å². The lowest BCUT2D eigenvalue weighted by Gasteiger charge is -2.10. The molecular weight excluding hydrogens is 284 g/mol. The molecule has 0 bridgehead atoms.